The van der Waals surface area contributed by atoms with Gasteiger partial charge in [-0.15, -0.1) is 11.8 Å². The molecule has 0 saturated carbocycles. The van der Waals surface area contributed by atoms with Crippen LogP contribution in [0.2, 0.25) is 0 Å². The van der Waals surface area contributed by atoms with Crippen molar-refractivity contribution in [3.63, 3.8) is 0 Å². The lowest BCUT2D eigenvalue weighted by Crippen LogP contribution is -2.34. The Morgan fingerprint density at radius 1 is 1.03 bits per heavy atom. The molecule has 2 amide bonds. The smallest absolute Gasteiger partial charge is 0.323 e. The van der Waals surface area contributed by atoms with Crippen molar-refractivity contribution in [3.05, 3.63) is 95.6 Å². The van der Waals surface area contributed by atoms with Gasteiger partial charge in [0, 0.05) is 18.0 Å². The van der Waals surface area contributed by atoms with Crippen molar-refractivity contribution < 1.29 is 9.53 Å². The molecule has 1 fully saturated rings. The molecular formula is C25H26N2O2S. The Hall–Kier alpha value is -2.92. The molecule has 154 valence electrons. The van der Waals surface area contributed by atoms with Gasteiger partial charge in [0.1, 0.15) is 17.7 Å². The van der Waals surface area contributed by atoms with Crippen LogP contribution in [0.15, 0.2) is 78.9 Å². The standard InChI is InChI=1S/C25H26N2O2S/c1-2-20-10-6-7-11-23(20)26-25(28)27-16-17-30-24(27)21-12-14-22(15-13-21)29-18-19-8-4-3-5-9-19/h3-15,24H,2,16-18H2,1H3,(H,26,28)/t24-/m0/s1. The molecule has 0 unspecified atom stereocenters. The van der Waals surface area contributed by atoms with E-state index in [1.807, 2.05) is 53.4 Å². The molecule has 0 bridgehead atoms. The molecule has 3 aromatic carbocycles. The molecule has 0 radical (unpaired) electrons. The van der Waals surface area contributed by atoms with E-state index in [-0.39, 0.29) is 11.4 Å². The molecule has 4 rings (SSSR count). The quantitative estimate of drug-likeness (QED) is 0.525. The second kappa shape index (κ2) is 9.72. The zero-order valence-corrected chi connectivity index (χ0v) is 17.9. The number of para-hydroxylation sites is 1. The van der Waals surface area contributed by atoms with Crippen molar-refractivity contribution >= 4 is 23.5 Å². The first-order valence-corrected chi connectivity index (χ1v) is 11.3. The van der Waals surface area contributed by atoms with Crippen LogP contribution in [0.4, 0.5) is 10.5 Å². The molecule has 1 atom stereocenters. The molecule has 1 N–H and O–H groups in total. The zero-order valence-electron chi connectivity index (χ0n) is 17.1. The monoisotopic (exact) mass is 418 g/mol. The number of hydrogen-bond acceptors (Lipinski definition) is 3. The highest BCUT2D eigenvalue weighted by Crippen LogP contribution is 2.38. The van der Waals surface area contributed by atoms with Gasteiger partial charge >= 0.3 is 6.03 Å². The van der Waals surface area contributed by atoms with Crippen LogP contribution in [0.5, 0.6) is 5.75 Å². The molecule has 1 heterocycles. The van der Waals surface area contributed by atoms with Crippen LogP contribution in [0.1, 0.15) is 29.0 Å². The number of carbonyl (C=O) groups excluding carboxylic acids is 1. The molecule has 0 aliphatic carbocycles. The Balaban J connectivity index is 1.41. The van der Waals surface area contributed by atoms with Gasteiger partial charge in [-0.2, -0.15) is 0 Å². The summed E-state index contributed by atoms with van der Waals surface area (Å²) in [6.07, 6.45) is 0.888. The van der Waals surface area contributed by atoms with Gasteiger partial charge in [-0.05, 0) is 41.3 Å². The number of carbonyl (C=O) groups is 1. The summed E-state index contributed by atoms with van der Waals surface area (Å²) in [5, 5.41) is 3.12. The van der Waals surface area contributed by atoms with E-state index in [1.165, 1.54) is 0 Å². The minimum atomic E-state index is -0.0460. The van der Waals surface area contributed by atoms with Gasteiger partial charge in [-0.1, -0.05) is 67.6 Å². The van der Waals surface area contributed by atoms with Gasteiger partial charge in [-0.3, -0.25) is 0 Å². The lowest BCUT2D eigenvalue weighted by atomic mass is 10.1. The average Bonchev–Trinajstić information content (AvgIpc) is 3.29. The highest BCUT2D eigenvalue weighted by atomic mass is 32.2. The molecule has 5 heteroatoms. The predicted molar refractivity (Wildman–Crippen MR) is 124 cm³/mol. The SMILES string of the molecule is CCc1ccccc1NC(=O)N1CCS[C@H]1c1ccc(OCc2ccccc2)cc1. The van der Waals surface area contributed by atoms with Crippen LogP contribution in [-0.4, -0.2) is 23.2 Å². The summed E-state index contributed by atoms with van der Waals surface area (Å²) < 4.78 is 5.89. The summed E-state index contributed by atoms with van der Waals surface area (Å²) in [5.74, 6) is 1.76. The topological polar surface area (TPSA) is 41.6 Å². The summed E-state index contributed by atoms with van der Waals surface area (Å²) in [7, 11) is 0. The fraction of sp³-hybridized carbons (Fsp3) is 0.240. The van der Waals surface area contributed by atoms with Crippen LogP contribution < -0.4 is 10.1 Å². The Morgan fingerprint density at radius 2 is 1.77 bits per heavy atom. The number of thioether (sulfide) groups is 1. The number of nitrogens with one attached hydrogen (secondary N) is 1. The van der Waals surface area contributed by atoms with Crippen LogP contribution >= 0.6 is 11.8 Å². The average molecular weight is 419 g/mol. The molecule has 30 heavy (non-hydrogen) atoms. The minimum Gasteiger partial charge on any atom is -0.489 e. The third-order valence-corrected chi connectivity index (χ3v) is 6.47. The van der Waals surface area contributed by atoms with Gasteiger partial charge in [0.15, 0.2) is 0 Å². The first-order chi connectivity index (χ1) is 14.7. The fourth-order valence-corrected chi connectivity index (χ4v) is 4.82. The van der Waals surface area contributed by atoms with Crippen molar-refractivity contribution in [3.8, 4) is 5.75 Å². The van der Waals surface area contributed by atoms with E-state index in [2.05, 4.69) is 42.6 Å². The number of rotatable bonds is 6. The summed E-state index contributed by atoms with van der Waals surface area (Å²) in [4.78, 5) is 14.9. The van der Waals surface area contributed by atoms with Gasteiger partial charge in [0.05, 0.1) is 0 Å². The maximum Gasteiger partial charge on any atom is 0.323 e. The first kappa shape index (κ1) is 20.4. The molecule has 3 aromatic rings. The number of amides is 2. The maximum absolute atomic E-state index is 13.0. The fourth-order valence-electron chi connectivity index (χ4n) is 3.56. The molecular weight excluding hydrogens is 392 g/mol. The van der Waals surface area contributed by atoms with Gasteiger partial charge < -0.3 is 15.0 Å². The van der Waals surface area contributed by atoms with Crippen LogP contribution in [-0.2, 0) is 13.0 Å². The largest absolute Gasteiger partial charge is 0.489 e. The minimum absolute atomic E-state index is 0.0157. The number of ether oxygens (including phenoxy) is 1. The Bertz CT molecular complexity index is 976. The van der Waals surface area contributed by atoms with E-state index in [4.69, 9.17) is 4.74 Å². The molecule has 0 aromatic heterocycles. The summed E-state index contributed by atoms with van der Waals surface area (Å²) in [5.41, 5.74) is 4.30. The van der Waals surface area contributed by atoms with E-state index in [0.29, 0.717) is 6.61 Å². The number of nitrogens with zero attached hydrogens (tertiary/aromatic N) is 1. The third kappa shape index (κ3) is 4.79. The molecule has 4 nitrogen and oxygen atoms in total. The first-order valence-electron chi connectivity index (χ1n) is 10.3. The van der Waals surface area contributed by atoms with Crippen molar-refractivity contribution in [2.24, 2.45) is 0 Å². The number of urea groups is 1. The Kier molecular flexibility index (Phi) is 6.60. The van der Waals surface area contributed by atoms with Crippen molar-refractivity contribution in [1.82, 2.24) is 4.90 Å². The number of benzene rings is 3. The molecule has 1 saturated heterocycles. The summed E-state index contributed by atoms with van der Waals surface area (Å²) in [6, 6.07) is 26.2. The van der Waals surface area contributed by atoms with Gasteiger partial charge in [0.2, 0.25) is 0 Å². The summed E-state index contributed by atoms with van der Waals surface area (Å²) >= 11 is 1.79. The molecule has 1 aliphatic rings. The lowest BCUT2D eigenvalue weighted by molar-refractivity contribution is 0.214. The van der Waals surface area contributed by atoms with Crippen LogP contribution in [0, 0.1) is 0 Å². The van der Waals surface area contributed by atoms with E-state index in [0.717, 1.165) is 46.8 Å². The van der Waals surface area contributed by atoms with Crippen molar-refractivity contribution in [2.45, 2.75) is 25.3 Å². The number of hydrogen-bond donors (Lipinski definition) is 1. The van der Waals surface area contributed by atoms with Crippen molar-refractivity contribution in [1.29, 1.82) is 0 Å². The summed E-state index contributed by atoms with van der Waals surface area (Å²) in [6.45, 7) is 3.38. The zero-order chi connectivity index (χ0) is 20.8. The predicted octanol–water partition coefficient (Wildman–Crippen LogP) is 6.11. The number of anilines is 1. The number of aryl methyl sites for hydroxylation is 1. The van der Waals surface area contributed by atoms with Crippen molar-refractivity contribution in [2.75, 3.05) is 17.6 Å². The van der Waals surface area contributed by atoms with Crippen LogP contribution in [0.3, 0.4) is 0 Å². The van der Waals surface area contributed by atoms with Crippen LogP contribution in [0.25, 0.3) is 0 Å². The Labute approximate surface area is 182 Å². The molecule has 0 spiro atoms. The highest BCUT2D eigenvalue weighted by molar-refractivity contribution is 7.99. The van der Waals surface area contributed by atoms with Gasteiger partial charge in [0.25, 0.3) is 0 Å². The van der Waals surface area contributed by atoms with E-state index < -0.39 is 0 Å². The van der Waals surface area contributed by atoms with Gasteiger partial charge in [-0.25, -0.2) is 4.79 Å². The lowest BCUT2D eigenvalue weighted by Gasteiger charge is -2.25. The third-order valence-electron chi connectivity index (χ3n) is 5.21. The molecule has 1 aliphatic heterocycles. The Morgan fingerprint density at radius 3 is 2.53 bits per heavy atom. The van der Waals surface area contributed by atoms with E-state index in [9.17, 15) is 4.79 Å². The van der Waals surface area contributed by atoms with E-state index >= 15 is 0 Å². The van der Waals surface area contributed by atoms with E-state index in [1.54, 1.807) is 11.8 Å². The maximum atomic E-state index is 13.0. The highest BCUT2D eigenvalue weighted by Gasteiger charge is 2.31. The second-order valence-electron chi connectivity index (χ2n) is 7.20. The second-order valence-corrected chi connectivity index (χ2v) is 8.39. The normalized spacial score (nSPS) is 15.8.